The summed E-state index contributed by atoms with van der Waals surface area (Å²) in [7, 11) is -0.341. The molecule has 0 saturated carbocycles. The van der Waals surface area contributed by atoms with E-state index < -0.39 is 39.2 Å². The minimum absolute atomic E-state index is 0.0756. The van der Waals surface area contributed by atoms with E-state index in [0.717, 1.165) is 64.7 Å². The molecule has 2 aliphatic rings. The van der Waals surface area contributed by atoms with Crippen LogP contribution in [0.25, 0.3) is 10.4 Å². The number of ketones is 2. The molecule has 2 amide bonds. The van der Waals surface area contributed by atoms with Crippen LogP contribution in [0, 0.1) is 12.3 Å². The molecule has 12 N–H and O–H groups in total. The van der Waals surface area contributed by atoms with Crippen molar-refractivity contribution >= 4 is 50.5 Å². The van der Waals surface area contributed by atoms with Gasteiger partial charge in [0, 0.05) is 154 Å². The third-order valence-corrected chi connectivity index (χ3v) is 17.1. The number of aliphatic carboxylic acids is 2. The molecule has 2 heterocycles. The van der Waals surface area contributed by atoms with Gasteiger partial charge in [-0.05, 0) is 170 Å². The molecular weight excluding hydrogens is 1230 g/mol. The summed E-state index contributed by atoms with van der Waals surface area (Å²) < 4.78 is 23.1. The Kier molecular flexibility index (Phi) is 50.0. The summed E-state index contributed by atoms with van der Waals surface area (Å²) in [4.78, 5) is 127. The number of amides is 2. The fraction of sp³-hybridized carbons (Fsp3) is 0.833. The number of nitrogens with two attached hydrogens (primary N) is 2. The summed E-state index contributed by atoms with van der Waals surface area (Å²) >= 11 is 0. The predicted molar refractivity (Wildman–Crippen MR) is 359 cm³/mol. The van der Waals surface area contributed by atoms with Crippen molar-refractivity contribution in [1.82, 2.24) is 54.8 Å². The van der Waals surface area contributed by atoms with Crippen LogP contribution in [-0.2, 0) is 37.9 Å². The van der Waals surface area contributed by atoms with Gasteiger partial charge in [-0.15, -0.1) is 12.3 Å². The second kappa shape index (κ2) is 52.6. The fourth-order valence-corrected chi connectivity index (χ4v) is 12.0. The van der Waals surface area contributed by atoms with E-state index >= 15 is 0 Å². The number of carboxylic acids is 2. The highest BCUT2D eigenvalue weighted by molar-refractivity contribution is 7.51. The van der Waals surface area contributed by atoms with Crippen LogP contribution >= 0.6 is 15.2 Å². The first-order valence-corrected chi connectivity index (χ1v) is 36.2. The predicted octanol–water partition coefficient (Wildman–Crippen LogP) is 3.23. The molecule has 2 saturated heterocycles. The van der Waals surface area contributed by atoms with Crippen molar-refractivity contribution in [2.75, 3.05) is 172 Å². The summed E-state index contributed by atoms with van der Waals surface area (Å²) in [5.41, 5.74) is 14.8. The van der Waals surface area contributed by atoms with Crippen molar-refractivity contribution in [3.8, 4) is 12.3 Å². The van der Waals surface area contributed by atoms with Crippen molar-refractivity contribution in [3.05, 3.63) is 22.3 Å². The number of azide groups is 1. The molecule has 0 aliphatic carbocycles. The third kappa shape index (κ3) is 51.7. The number of hydrogen-bond acceptors (Lipinski definition) is 20. The molecule has 0 bridgehead atoms. The molecule has 2 rings (SSSR count). The Morgan fingerprint density at radius 1 is 0.576 bits per heavy atom. The second-order valence-electron chi connectivity index (χ2n) is 24.4. The van der Waals surface area contributed by atoms with E-state index in [4.69, 9.17) is 23.5 Å². The van der Waals surface area contributed by atoms with Gasteiger partial charge < -0.3 is 80.4 Å². The van der Waals surface area contributed by atoms with E-state index in [1.165, 1.54) is 5.01 Å². The lowest BCUT2D eigenvalue weighted by Crippen LogP contribution is -2.46. The van der Waals surface area contributed by atoms with Crippen molar-refractivity contribution in [2.24, 2.45) is 16.7 Å². The maximum atomic E-state index is 12.3. The zero-order chi connectivity index (χ0) is 69.3. The monoisotopic (exact) mass is 1350 g/mol. The molecule has 0 aromatic carbocycles. The summed E-state index contributed by atoms with van der Waals surface area (Å²) in [5.74, 6) is 6.92. The van der Waals surface area contributed by atoms with E-state index in [0.29, 0.717) is 200 Å². The van der Waals surface area contributed by atoms with Crippen LogP contribution in [-0.4, -0.2) is 293 Å². The normalized spacial score (nSPS) is 17.9. The van der Waals surface area contributed by atoms with Crippen LogP contribution in [0.3, 0.4) is 0 Å². The van der Waals surface area contributed by atoms with Gasteiger partial charge in [-0.1, -0.05) is 5.11 Å². The Morgan fingerprint density at radius 2 is 0.978 bits per heavy atom. The first-order valence-electron chi connectivity index (χ1n) is 32.6. The van der Waals surface area contributed by atoms with Crippen LogP contribution in [0.1, 0.15) is 142 Å². The van der Waals surface area contributed by atoms with Gasteiger partial charge in [-0.2, -0.15) is 0 Å². The molecule has 30 nitrogen and oxygen atoms in total. The maximum absolute atomic E-state index is 12.3. The number of carbonyl (C=O) groups excluding carboxylic acids is 4. The number of rotatable bonds is 34. The van der Waals surface area contributed by atoms with E-state index in [1.54, 1.807) is 20.0 Å². The number of nitrogens with one attached hydrogen (secondary N) is 2. The Labute approximate surface area is 548 Å². The van der Waals surface area contributed by atoms with Gasteiger partial charge in [0.2, 0.25) is 11.8 Å². The van der Waals surface area contributed by atoms with Crippen LogP contribution in [0.4, 0.5) is 0 Å². The lowest BCUT2D eigenvalue weighted by Gasteiger charge is -2.32. The smallest absolute Gasteiger partial charge is 0.339 e. The summed E-state index contributed by atoms with van der Waals surface area (Å²) in [5, 5.41) is 30.7. The van der Waals surface area contributed by atoms with Gasteiger partial charge >= 0.3 is 27.1 Å². The van der Waals surface area contributed by atoms with Crippen LogP contribution in [0.2, 0.25) is 0 Å². The number of carbonyl (C=O) groups is 6. The number of nitrogens with zero attached hydrogens (tertiary/aromatic N) is 12. The zero-order valence-electron chi connectivity index (χ0n) is 56.4. The number of hydrogen-bond donors (Lipinski definition) is 10. The highest BCUT2D eigenvalue weighted by Gasteiger charge is 2.28. The number of terminal acetylenes is 1. The third-order valence-electron chi connectivity index (χ3n) is 15.5. The molecule has 32 heteroatoms. The number of carboxylic acid groups (broad SMARTS) is 2. The van der Waals surface area contributed by atoms with E-state index in [2.05, 4.69) is 51.1 Å². The molecule has 2 fully saturated rings. The standard InChI is InChI=1S/C30H61N8O7P.C23H47N8O6P.C7H10O/c1-26(39)10-6-11-27(31)24-38(32)19-7-13-29(40)33-14-5-4-12-28(30(41)42)37-18-9-16-34(2)20-22-36(25-46(43,44)45)17-8-15-35(3)21-23-37;1-28-13-7-15-31(19-17-29(2)12-6-14-30(18-16-28)20-38(35,36)37)21(23(33)34)8-3-4-10-25-22(32)9-5-11-26-27-24;1-3-4-5-6-7(2)8/h24,28H,4-23,25,31-32H2,1-3H3,(H,33,40)(H,41,42)(H2,43,44,45);21H,3-20H2,1-2H3,(H,25,32)(H,33,34)(H2,35,36,37);1H,4-6H2,2H3/b27-24-;;. The number of allylic oxidation sites excluding steroid dienone is 1. The van der Waals surface area contributed by atoms with E-state index in [9.17, 15) is 67.7 Å². The molecular formula is C60H118N16O14P2. The van der Waals surface area contributed by atoms with Crippen molar-refractivity contribution in [1.29, 1.82) is 0 Å². The minimum Gasteiger partial charge on any atom is -0.480 e. The van der Waals surface area contributed by atoms with Gasteiger partial charge in [-0.25, -0.2) is 5.84 Å². The zero-order valence-corrected chi connectivity index (χ0v) is 58.2. The summed E-state index contributed by atoms with van der Waals surface area (Å²) in [6.07, 6.45) is 18.5. The molecule has 532 valence electrons. The van der Waals surface area contributed by atoms with Crippen molar-refractivity contribution in [3.63, 3.8) is 0 Å². The average molecular weight is 1350 g/mol. The molecule has 0 spiro atoms. The molecule has 92 heavy (non-hydrogen) atoms. The topological polar surface area (TPSA) is 412 Å². The average Bonchev–Trinajstić information content (AvgIpc) is 1.31. The van der Waals surface area contributed by atoms with E-state index in [-0.39, 0.29) is 36.0 Å². The second-order valence-corrected chi connectivity index (χ2v) is 27.6. The van der Waals surface area contributed by atoms with Gasteiger partial charge in [-0.3, -0.25) is 47.9 Å². The fourth-order valence-electron chi connectivity index (χ4n) is 10.3. The number of likely N-dealkylation sites (N-methyl/N-ethyl adjacent to an activating group) is 4. The molecule has 0 aromatic rings. The Hall–Kier alpha value is -4.63. The van der Waals surface area contributed by atoms with Gasteiger partial charge in [0.25, 0.3) is 0 Å². The number of Topliss-reactive ketones (excluding diaryl/α,β-unsaturated/α-hetero) is 2. The number of unbranched alkanes of at least 4 members (excludes halogenated alkanes) is 3. The van der Waals surface area contributed by atoms with E-state index in [1.807, 2.05) is 42.9 Å². The molecule has 2 aliphatic heterocycles. The summed E-state index contributed by atoms with van der Waals surface area (Å²) in [6.45, 7) is 15.4. The van der Waals surface area contributed by atoms with Crippen LogP contribution in [0.5, 0.6) is 0 Å². The van der Waals surface area contributed by atoms with Crippen molar-refractivity contribution in [2.45, 2.75) is 154 Å². The van der Waals surface area contributed by atoms with Crippen molar-refractivity contribution < 1.29 is 67.7 Å². The molecule has 0 radical (unpaired) electrons. The highest BCUT2D eigenvalue weighted by Crippen LogP contribution is 2.36. The van der Waals surface area contributed by atoms with Gasteiger partial charge in [0.15, 0.2) is 0 Å². The minimum atomic E-state index is -4.13. The maximum Gasteiger partial charge on any atom is 0.339 e. The Morgan fingerprint density at radius 3 is 1.37 bits per heavy atom. The summed E-state index contributed by atoms with van der Waals surface area (Å²) in [6, 6.07) is -1.21. The Bertz CT molecular complexity index is 2310. The lowest BCUT2D eigenvalue weighted by molar-refractivity contribution is -0.144. The molecule has 0 aromatic heterocycles. The largest absolute Gasteiger partial charge is 0.480 e. The highest BCUT2D eigenvalue weighted by atomic mass is 31.2. The molecule has 2 unspecified atom stereocenters. The SMILES string of the molecule is C#CCCCC(C)=O.CC(=O)CCC/C(N)=C/N(N)CCCC(=O)NCCCCC(C(=O)O)N1CCCN(C)CCN(CP(=O)(O)O)CCCN(C)CC1.CN1CCCN(C(CCCCNC(=O)CCCN=[N+]=[N-])C(=O)O)CCN(C)CCCN(CP(=O)(O)O)CC1. The molecule has 2 atom stereocenters. The first-order chi connectivity index (χ1) is 43.4. The quantitative estimate of drug-likeness (QED) is 0.00646. The van der Waals surface area contributed by atoms with Gasteiger partial charge in [0.05, 0.1) is 0 Å². The lowest BCUT2D eigenvalue weighted by atomic mass is 10.1. The first kappa shape index (κ1) is 87.4. The Balaban J connectivity index is 0.00000163. The number of hydrazine groups is 1. The van der Waals surface area contributed by atoms with Crippen LogP contribution in [0.15, 0.2) is 17.0 Å². The van der Waals surface area contributed by atoms with Crippen LogP contribution < -0.4 is 22.2 Å². The van der Waals surface area contributed by atoms with Gasteiger partial charge in [0.1, 0.15) is 36.2 Å².